The van der Waals surface area contributed by atoms with Crippen LogP contribution in [0.3, 0.4) is 0 Å². The largest absolute Gasteiger partial charge is 0.395 e. The lowest BCUT2D eigenvalue weighted by molar-refractivity contribution is 0.0911. The Morgan fingerprint density at radius 1 is 1.29 bits per heavy atom. The van der Waals surface area contributed by atoms with E-state index in [2.05, 4.69) is 19.2 Å². The van der Waals surface area contributed by atoms with Crippen molar-refractivity contribution in [3.05, 3.63) is 35.5 Å². The number of ketones is 1. The number of hydrogen-bond acceptors (Lipinski definition) is 4. The van der Waals surface area contributed by atoms with E-state index in [1.54, 1.807) is 0 Å². The van der Waals surface area contributed by atoms with Gasteiger partial charge in [0.05, 0.1) is 29.1 Å². The topological polar surface area (TPSA) is 62.2 Å². The van der Waals surface area contributed by atoms with Crippen LogP contribution in [0.1, 0.15) is 36.3 Å². The summed E-state index contributed by atoms with van der Waals surface area (Å²) in [7, 11) is 0. The summed E-state index contributed by atoms with van der Waals surface area (Å²) in [6.07, 6.45) is 1.33. The minimum atomic E-state index is -0.0478. The fourth-order valence-corrected chi connectivity index (χ4v) is 3.09. The van der Waals surface area contributed by atoms with E-state index >= 15 is 0 Å². The molecule has 0 atom stereocenters. The number of aliphatic hydroxyl groups excluding tert-OH is 1. The van der Waals surface area contributed by atoms with Gasteiger partial charge in [-0.3, -0.25) is 9.78 Å². The number of hydrogen-bond donors (Lipinski definition) is 2. The number of carbonyl (C=O) groups is 1. The molecule has 0 saturated heterocycles. The molecule has 0 unspecified atom stereocenters. The number of pyridine rings is 1. The Kier molecular flexibility index (Phi) is 3.41. The van der Waals surface area contributed by atoms with Gasteiger partial charge < -0.3 is 10.4 Å². The molecule has 1 aliphatic carbocycles. The number of fused-ring (bicyclic) bond motifs is 2. The molecule has 2 aromatic rings. The first-order chi connectivity index (χ1) is 10.0. The second-order valence-corrected chi connectivity index (χ2v) is 6.42. The first-order valence-corrected chi connectivity index (χ1v) is 7.31. The van der Waals surface area contributed by atoms with Crippen LogP contribution in [0.2, 0.25) is 0 Å². The maximum absolute atomic E-state index is 12.6. The molecule has 110 valence electrons. The molecule has 0 amide bonds. The number of rotatable bonds is 3. The summed E-state index contributed by atoms with van der Waals surface area (Å²) in [5, 5.41) is 13.2. The first kappa shape index (κ1) is 14.0. The highest BCUT2D eigenvalue weighted by atomic mass is 16.3. The van der Waals surface area contributed by atoms with Gasteiger partial charge in [0, 0.05) is 18.4 Å². The van der Waals surface area contributed by atoms with Gasteiger partial charge in [-0.15, -0.1) is 0 Å². The van der Waals surface area contributed by atoms with Gasteiger partial charge >= 0.3 is 0 Å². The lowest BCUT2D eigenvalue weighted by atomic mass is 9.75. The van der Waals surface area contributed by atoms with E-state index in [1.807, 2.05) is 24.3 Å². The number of anilines is 1. The van der Waals surface area contributed by atoms with E-state index in [0.717, 1.165) is 28.7 Å². The van der Waals surface area contributed by atoms with Crippen LogP contribution >= 0.6 is 0 Å². The third-order valence-electron chi connectivity index (χ3n) is 3.94. The predicted molar refractivity (Wildman–Crippen MR) is 83.8 cm³/mol. The number of aliphatic hydroxyl groups is 1. The van der Waals surface area contributed by atoms with E-state index in [4.69, 9.17) is 10.1 Å². The number of Topliss-reactive ketones (excluding diaryl/α,β-unsaturated/α-hetero) is 1. The normalized spacial score (nSPS) is 16.8. The summed E-state index contributed by atoms with van der Waals surface area (Å²) in [5.41, 5.74) is 3.25. The van der Waals surface area contributed by atoms with Crippen molar-refractivity contribution in [2.45, 2.75) is 26.7 Å². The molecule has 0 saturated carbocycles. The van der Waals surface area contributed by atoms with Gasteiger partial charge in [0.1, 0.15) is 0 Å². The molecular weight excluding hydrogens is 264 g/mol. The number of nitrogens with one attached hydrogen (secondary N) is 1. The van der Waals surface area contributed by atoms with Crippen molar-refractivity contribution < 1.29 is 9.90 Å². The highest BCUT2D eigenvalue weighted by molar-refractivity contribution is 6.10. The molecule has 1 aliphatic rings. The van der Waals surface area contributed by atoms with Gasteiger partial charge in [-0.05, 0) is 17.9 Å². The first-order valence-electron chi connectivity index (χ1n) is 7.31. The summed E-state index contributed by atoms with van der Waals surface area (Å²) in [6.45, 7) is 4.67. The molecule has 1 heterocycles. The number of nitrogens with zero attached hydrogens (tertiary/aromatic N) is 1. The molecule has 3 rings (SSSR count). The summed E-state index contributed by atoms with van der Waals surface area (Å²) in [5.74, 6) is 0.139. The summed E-state index contributed by atoms with van der Waals surface area (Å²) >= 11 is 0. The van der Waals surface area contributed by atoms with Gasteiger partial charge in [0.25, 0.3) is 0 Å². The van der Waals surface area contributed by atoms with Crippen molar-refractivity contribution in [2.24, 2.45) is 5.41 Å². The van der Waals surface area contributed by atoms with Crippen molar-refractivity contribution >= 4 is 22.4 Å². The van der Waals surface area contributed by atoms with E-state index in [-0.39, 0.29) is 17.8 Å². The summed E-state index contributed by atoms with van der Waals surface area (Å²) < 4.78 is 0. The highest BCUT2D eigenvalue weighted by Gasteiger charge is 2.34. The Morgan fingerprint density at radius 2 is 2.05 bits per heavy atom. The monoisotopic (exact) mass is 284 g/mol. The minimum absolute atomic E-state index is 0.0328. The van der Waals surface area contributed by atoms with E-state index in [9.17, 15) is 4.79 Å². The highest BCUT2D eigenvalue weighted by Crippen LogP contribution is 2.39. The van der Waals surface area contributed by atoms with E-state index < -0.39 is 0 Å². The van der Waals surface area contributed by atoms with Gasteiger partial charge in [0.15, 0.2) is 5.78 Å². The molecule has 21 heavy (non-hydrogen) atoms. The fourth-order valence-electron chi connectivity index (χ4n) is 3.09. The Hall–Kier alpha value is -1.94. The second-order valence-electron chi connectivity index (χ2n) is 6.42. The fraction of sp³-hybridized carbons (Fsp3) is 0.412. The second kappa shape index (κ2) is 5.11. The maximum atomic E-state index is 12.6. The lowest BCUT2D eigenvalue weighted by Crippen LogP contribution is -2.29. The molecular formula is C17H20N2O2. The molecule has 0 bridgehead atoms. The van der Waals surface area contributed by atoms with Crippen molar-refractivity contribution in [3.63, 3.8) is 0 Å². The van der Waals surface area contributed by atoms with Crippen LogP contribution in [-0.4, -0.2) is 29.0 Å². The minimum Gasteiger partial charge on any atom is -0.395 e. The van der Waals surface area contributed by atoms with Gasteiger partial charge in [-0.25, -0.2) is 0 Å². The average molecular weight is 284 g/mol. The number of aromatic nitrogens is 1. The Labute approximate surface area is 124 Å². The Bertz CT molecular complexity index is 707. The smallest absolute Gasteiger partial charge is 0.167 e. The van der Waals surface area contributed by atoms with Crippen molar-refractivity contribution in [3.8, 4) is 0 Å². The van der Waals surface area contributed by atoms with Crippen LogP contribution in [-0.2, 0) is 6.42 Å². The standard InChI is InChI=1S/C17H20N2O2/c1-17(2)9-13-15(14(21)10-17)16(18-7-8-20)11-5-3-4-6-12(11)19-13/h3-6,20H,7-10H2,1-2H3,(H,18,19). The van der Waals surface area contributed by atoms with Crippen LogP contribution in [0.15, 0.2) is 24.3 Å². The van der Waals surface area contributed by atoms with Crippen LogP contribution in [0.5, 0.6) is 0 Å². The number of carbonyl (C=O) groups excluding carboxylic acids is 1. The molecule has 4 heteroatoms. The molecule has 2 N–H and O–H groups in total. The van der Waals surface area contributed by atoms with Crippen molar-refractivity contribution in [2.75, 3.05) is 18.5 Å². The summed E-state index contributed by atoms with van der Waals surface area (Å²) in [4.78, 5) is 17.3. The van der Waals surface area contributed by atoms with Crippen LogP contribution in [0, 0.1) is 5.41 Å². The lowest BCUT2D eigenvalue weighted by Gasteiger charge is -2.31. The molecule has 0 aliphatic heterocycles. The molecule has 0 fully saturated rings. The van der Waals surface area contributed by atoms with Crippen LogP contribution in [0.25, 0.3) is 10.9 Å². The van der Waals surface area contributed by atoms with Gasteiger partial charge in [0.2, 0.25) is 0 Å². The zero-order valence-corrected chi connectivity index (χ0v) is 12.4. The average Bonchev–Trinajstić information content (AvgIpc) is 2.42. The SMILES string of the molecule is CC1(C)CC(=O)c2c(nc3ccccc3c2NCCO)C1. The molecule has 1 aromatic heterocycles. The number of benzene rings is 1. The van der Waals surface area contributed by atoms with Crippen LogP contribution in [0.4, 0.5) is 5.69 Å². The Morgan fingerprint density at radius 3 is 2.81 bits per heavy atom. The predicted octanol–water partition coefficient (Wildman–Crippen LogP) is 2.79. The van der Waals surface area contributed by atoms with E-state index in [1.165, 1.54) is 0 Å². The quantitative estimate of drug-likeness (QED) is 0.909. The molecule has 0 spiro atoms. The zero-order chi connectivity index (χ0) is 15.0. The summed E-state index contributed by atoms with van der Waals surface area (Å²) in [6, 6.07) is 7.83. The van der Waals surface area contributed by atoms with Crippen molar-refractivity contribution in [1.29, 1.82) is 0 Å². The van der Waals surface area contributed by atoms with E-state index in [0.29, 0.717) is 18.5 Å². The molecule has 4 nitrogen and oxygen atoms in total. The number of para-hydroxylation sites is 1. The van der Waals surface area contributed by atoms with Gasteiger partial charge in [-0.2, -0.15) is 0 Å². The molecule has 0 radical (unpaired) electrons. The van der Waals surface area contributed by atoms with Gasteiger partial charge in [-0.1, -0.05) is 32.0 Å². The third-order valence-corrected chi connectivity index (χ3v) is 3.94. The maximum Gasteiger partial charge on any atom is 0.167 e. The zero-order valence-electron chi connectivity index (χ0n) is 12.4. The molecule has 1 aromatic carbocycles. The van der Waals surface area contributed by atoms with Crippen LogP contribution < -0.4 is 5.32 Å². The third kappa shape index (κ3) is 2.51. The van der Waals surface area contributed by atoms with Crippen molar-refractivity contribution in [1.82, 2.24) is 4.98 Å². The Balaban J connectivity index is 2.25.